The zero-order chi connectivity index (χ0) is 22.9. The Kier molecular flexibility index (Phi) is 6.60. The second kappa shape index (κ2) is 9.11. The van der Waals surface area contributed by atoms with Crippen LogP contribution in [-0.2, 0) is 19.2 Å². The number of ether oxygens (including phenoxy) is 2. The molecule has 3 atom stereocenters. The molecule has 1 heterocycles. The Morgan fingerprint density at radius 2 is 2.06 bits per heavy atom. The third-order valence-corrected chi connectivity index (χ3v) is 7.01. The van der Waals surface area contributed by atoms with Gasteiger partial charge in [0.05, 0.1) is 16.7 Å². The molecule has 0 aromatic heterocycles. The fraction of sp³-hybridized carbons (Fsp3) is 0.619. The van der Waals surface area contributed by atoms with Gasteiger partial charge in [0.2, 0.25) is 0 Å². The summed E-state index contributed by atoms with van der Waals surface area (Å²) in [7, 11) is 1.53. The maximum atomic E-state index is 13.5. The van der Waals surface area contributed by atoms with Gasteiger partial charge in [-0.1, -0.05) is 11.6 Å². The highest BCUT2D eigenvalue weighted by atomic mass is 35.5. The van der Waals surface area contributed by atoms with Crippen molar-refractivity contribution >= 4 is 23.4 Å². The van der Waals surface area contributed by atoms with Crippen LogP contribution < -0.4 is 20.9 Å². The van der Waals surface area contributed by atoms with Gasteiger partial charge < -0.3 is 25.2 Å². The minimum Gasteiger partial charge on any atom is -0.484 e. The quantitative estimate of drug-likeness (QED) is 0.471. The van der Waals surface area contributed by atoms with Gasteiger partial charge in [-0.05, 0) is 44.2 Å². The number of carbonyl (C=O) groups excluding carboxylic acids is 2. The third kappa shape index (κ3) is 4.69. The summed E-state index contributed by atoms with van der Waals surface area (Å²) < 4.78 is 24.0. The van der Waals surface area contributed by atoms with Gasteiger partial charge in [0.1, 0.15) is 17.8 Å². The lowest BCUT2D eigenvalue weighted by molar-refractivity contribution is -0.142. The van der Waals surface area contributed by atoms with Crippen LogP contribution in [-0.4, -0.2) is 60.2 Å². The van der Waals surface area contributed by atoms with Crippen LogP contribution in [0.15, 0.2) is 18.2 Å². The molecular weight excluding hydrogens is 445 g/mol. The van der Waals surface area contributed by atoms with E-state index in [0.717, 1.165) is 6.07 Å². The van der Waals surface area contributed by atoms with E-state index in [2.05, 4.69) is 16.1 Å². The largest absolute Gasteiger partial charge is 0.484 e. The highest BCUT2D eigenvalue weighted by Crippen LogP contribution is 2.47. The molecule has 0 spiro atoms. The van der Waals surface area contributed by atoms with Gasteiger partial charge in [-0.3, -0.25) is 14.4 Å². The molecule has 11 heteroatoms. The Morgan fingerprint density at radius 3 is 2.69 bits per heavy atom. The van der Waals surface area contributed by atoms with E-state index in [0.29, 0.717) is 38.5 Å². The molecule has 1 aromatic carbocycles. The molecule has 0 radical (unpaired) electrons. The molecule has 3 aliphatic carbocycles. The van der Waals surface area contributed by atoms with E-state index in [4.69, 9.17) is 25.9 Å². The lowest BCUT2D eigenvalue weighted by Crippen LogP contribution is -2.70. The van der Waals surface area contributed by atoms with Crippen molar-refractivity contribution in [3.8, 4) is 5.75 Å². The van der Waals surface area contributed by atoms with Crippen LogP contribution in [0.25, 0.3) is 0 Å². The Bertz CT molecular complexity index is 879. The first-order valence-corrected chi connectivity index (χ1v) is 10.9. The Labute approximate surface area is 189 Å². The van der Waals surface area contributed by atoms with E-state index in [9.17, 15) is 19.1 Å². The van der Waals surface area contributed by atoms with Crippen molar-refractivity contribution < 1.29 is 33.4 Å². The predicted octanol–water partition coefficient (Wildman–Crippen LogP) is 1.17. The number of nitrogens with one attached hydrogen (secondary N) is 3. The summed E-state index contributed by atoms with van der Waals surface area (Å²) in [6.45, 7) is -0.315. The highest BCUT2D eigenvalue weighted by molar-refractivity contribution is 6.30. The van der Waals surface area contributed by atoms with Crippen molar-refractivity contribution in [2.45, 2.75) is 68.0 Å². The van der Waals surface area contributed by atoms with E-state index >= 15 is 0 Å². The smallest absolute Gasteiger partial charge is 0.258 e. The standard InChI is InChI=1S/C21H27ClFN3O6/c1-30-18-9-15(32-26-18)19(29)25-20-4-6-21(7-5-20,16(27)10-20)24-17(28)11-31-12-2-3-13(22)14(23)8-12/h2-3,8,15-16,18,26-27H,4-7,9-11H2,1H3,(H,24,28)(H,25,29). The lowest BCUT2D eigenvalue weighted by atomic mass is 9.60. The molecule has 2 bridgehead atoms. The minimum absolute atomic E-state index is 0.0296. The van der Waals surface area contributed by atoms with E-state index in [1.165, 1.54) is 19.2 Å². The van der Waals surface area contributed by atoms with Gasteiger partial charge >= 0.3 is 0 Å². The molecule has 3 saturated carbocycles. The molecule has 3 unspecified atom stereocenters. The fourth-order valence-corrected chi connectivity index (χ4v) is 4.90. The molecule has 4 N–H and O–H groups in total. The second-order valence-corrected chi connectivity index (χ2v) is 9.15. The number of halogens is 2. The van der Waals surface area contributed by atoms with Crippen LogP contribution in [0.1, 0.15) is 38.5 Å². The van der Waals surface area contributed by atoms with Gasteiger partial charge in [-0.2, -0.15) is 5.48 Å². The predicted molar refractivity (Wildman–Crippen MR) is 111 cm³/mol. The monoisotopic (exact) mass is 471 g/mol. The van der Waals surface area contributed by atoms with Crippen molar-refractivity contribution in [1.29, 1.82) is 0 Å². The SMILES string of the molecule is COC1CC(C(=O)NC23CCC(NC(=O)COc4ccc(Cl)c(F)c4)(CC2)C(O)C3)ON1. The first-order valence-electron chi connectivity index (χ1n) is 10.6. The molecule has 2 amide bonds. The number of hydrogen-bond acceptors (Lipinski definition) is 7. The first kappa shape index (κ1) is 23.2. The highest BCUT2D eigenvalue weighted by Gasteiger charge is 2.55. The minimum atomic E-state index is -0.823. The molecule has 5 rings (SSSR count). The van der Waals surface area contributed by atoms with Gasteiger partial charge in [-0.25, -0.2) is 4.39 Å². The number of methoxy groups -OCH3 is 1. The summed E-state index contributed by atoms with van der Waals surface area (Å²) in [5.41, 5.74) is 1.36. The zero-order valence-electron chi connectivity index (χ0n) is 17.7. The van der Waals surface area contributed by atoms with Crippen LogP contribution in [0.4, 0.5) is 4.39 Å². The van der Waals surface area contributed by atoms with Crippen LogP contribution >= 0.6 is 11.6 Å². The molecule has 1 aliphatic heterocycles. The van der Waals surface area contributed by atoms with E-state index < -0.39 is 35.0 Å². The van der Waals surface area contributed by atoms with Crippen molar-refractivity contribution in [3.63, 3.8) is 0 Å². The van der Waals surface area contributed by atoms with Crippen LogP contribution in [0.3, 0.4) is 0 Å². The van der Waals surface area contributed by atoms with Crippen molar-refractivity contribution in [2.24, 2.45) is 0 Å². The fourth-order valence-electron chi connectivity index (χ4n) is 4.79. The summed E-state index contributed by atoms with van der Waals surface area (Å²) >= 11 is 5.64. The normalized spacial score (nSPS) is 33.7. The summed E-state index contributed by atoms with van der Waals surface area (Å²) in [6, 6.07) is 3.94. The summed E-state index contributed by atoms with van der Waals surface area (Å²) in [5.74, 6) is -1.10. The Balaban J connectivity index is 1.30. The van der Waals surface area contributed by atoms with E-state index in [-0.39, 0.29) is 29.5 Å². The number of rotatable bonds is 7. The maximum absolute atomic E-state index is 13.5. The second-order valence-electron chi connectivity index (χ2n) is 8.74. The molecular formula is C21H27ClFN3O6. The molecule has 1 aromatic rings. The lowest BCUT2D eigenvalue weighted by Gasteiger charge is -2.56. The van der Waals surface area contributed by atoms with Crippen LogP contribution in [0, 0.1) is 5.82 Å². The van der Waals surface area contributed by atoms with Crippen molar-refractivity contribution in [1.82, 2.24) is 16.1 Å². The number of hydroxylamine groups is 1. The molecule has 4 aliphatic rings. The maximum Gasteiger partial charge on any atom is 0.258 e. The molecule has 32 heavy (non-hydrogen) atoms. The number of aliphatic hydroxyl groups is 1. The molecule has 1 saturated heterocycles. The van der Waals surface area contributed by atoms with Gasteiger partial charge in [-0.15, -0.1) is 0 Å². The molecule has 9 nitrogen and oxygen atoms in total. The Hall–Kier alpha value is -1.98. The van der Waals surface area contributed by atoms with E-state index in [1.807, 2.05) is 0 Å². The van der Waals surface area contributed by atoms with Gasteiger partial charge in [0.15, 0.2) is 12.7 Å². The third-order valence-electron chi connectivity index (χ3n) is 6.71. The average Bonchev–Trinajstić information content (AvgIpc) is 3.25. The van der Waals surface area contributed by atoms with Crippen molar-refractivity contribution in [2.75, 3.05) is 13.7 Å². The molecule has 176 valence electrons. The summed E-state index contributed by atoms with van der Waals surface area (Å²) in [6.07, 6.45) is 1.18. The number of aliphatic hydroxyl groups excluding tert-OH is 1. The average molecular weight is 472 g/mol. The summed E-state index contributed by atoms with van der Waals surface area (Å²) in [5, 5.41) is 16.8. The van der Waals surface area contributed by atoms with E-state index in [1.54, 1.807) is 0 Å². The van der Waals surface area contributed by atoms with Gasteiger partial charge in [0.25, 0.3) is 11.8 Å². The van der Waals surface area contributed by atoms with Crippen LogP contribution in [0.2, 0.25) is 5.02 Å². The van der Waals surface area contributed by atoms with Crippen molar-refractivity contribution in [3.05, 3.63) is 29.0 Å². The zero-order valence-corrected chi connectivity index (χ0v) is 18.4. The number of hydrogen-bond donors (Lipinski definition) is 4. The Morgan fingerprint density at radius 1 is 1.31 bits per heavy atom. The molecule has 4 fully saturated rings. The first-order chi connectivity index (χ1) is 15.2. The number of benzene rings is 1. The van der Waals surface area contributed by atoms with Gasteiger partial charge in [0, 0.05) is 25.1 Å². The number of carbonyl (C=O) groups is 2. The van der Waals surface area contributed by atoms with Crippen LogP contribution in [0.5, 0.6) is 5.75 Å². The number of amides is 2. The topological polar surface area (TPSA) is 118 Å². The number of fused-ring (bicyclic) bond motifs is 3. The summed E-state index contributed by atoms with van der Waals surface area (Å²) in [4.78, 5) is 30.4.